The zero-order chi connectivity index (χ0) is 15.2. The summed E-state index contributed by atoms with van der Waals surface area (Å²) in [6.45, 7) is 7.72. The molecule has 4 heteroatoms. The van der Waals surface area contributed by atoms with E-state index in [1.165, 1.54) is 12.8 Å². The zero-order valence-corrected chi connectivity index (χ0v) is 14.7. The number of halogens is 1. The van der Waals surface area contributed by atoms with Crippen molar-refractivity contribution in [3.05, 3.63) is 28.2 Å². The molecule has 0 radical (unpaired) electrons. The Labute approximate surface area is 136 Å². The average Bonchev–Trinajstić information content (AvgIpc) is 2.51. The van der Waals surface area contributed by atoms with Crippen molar-refractivity contribution >= 4 is 15.9 Å². The average molecular weight is 355 g/mol. The topological polar surface area (TPSA) is 35.5 Å². The van der Waals surface area contributed by atoms with Crippen LogP contribution in [0.15, 0.2) is 22.7 Å². The first-order valence-corrected chi connectivity index (χ1v) is 8.91. The molecule has 1 aromatic carbocycles. The number of hydrogen-bond acceptors (Lipinski definition) is 3. The maximum Gasteiger partial charge on any atom is 0.120 e. The second kappa shape index (κ2) is 8.16. The van der Waals surface area contributed by atoms with Gasteiger partial charge in [-0.05, 0) is 57.0 Å². The van der Waals surface area contributed by atoms with Crippen LogP contribution in [0.5, 0.6) is 5.75 Å². The summed E-state index contributed by atoms with van der Waals surface area (Å²) >= 11 is 3.54. The van der Waals surface area contributed by atoms with E-state index in [9.17, 15) is 5.11 Å². The molecule has 1 fully saturated rings. The minimum atomic E-state index is 0.285. The number of rotatable bonds is 6. The minimum Gasteiger partial charge on any atom is -0.508 e. The van der Waals surface area contributed by atoms with Crippen LogP contribution in [0.3, 0.4) is 0 Å². The third kappa shape index (κ3) is 4.21. The summed E-state index contributed by atoms with van der Waals surface area (Å²) in [6, 6.07) is 6.63. The van der Waals surface area contributed by atoms with Gasteiger partial charge in [0.25, 0.3) is 0 Å². The van der Waals surface area contributed by atoms with E-state index >= 15 is 0 Å². The van der Waals surface area contributed by atoms with Crippen LogP contribution in [-0.2, 0) is 0 Å². The van der Waals surface area contributed by atoms with Gasteiger partial charge in [0.2, 0.25) is 0 Å². The van der Waals surface area contributed by atoms with Gasteiger partial charge in [-0.2, -0.15) is 0 Å². The fourth-order valence-corrected chi connectivity index (χ4v) is 3.77. The summed E-state index contributed by atoms with van der Waals surface area (Å²) in [7, 11) is 0. The maximum absolute atomic E-state index is 10.3. The number of phenols is 1. The lowest BCUT2D eigenvalue weighted by atomic mass is 9.96. The second-order valence-corrected chi connectivity index (χ2v) is 6.78. The second-order valence-electron chi connectivity index (χ2n) is 5.87. The van der Waals surface area contributed by atoms with Crippen LogP contribution in [0.4, 0.5) is 0 Å². The van der Waals surface area contributed by atoms with E-state index in [4.69, 9.17) is 0 Å². The van der Waals surface area contributed by atoms with E-state index in [0.717, 1.165) is 42.5 Å². The fraction of sp³-hybridized carbons (Fsp3) is 0.647. The Bertz CT molecular complexity index is 446. The molecule has 3 nitrogen and oxygen atoms in total. The summed E-state index contributed by atoms with van der Waals surface area (Å²) in [5.74, 6) is 0.412. The molecule has 0 bridgehead atoms. The highest BCUT2D eigenvalue weighted by Gasteiger charge is 2.28. The van der Waals surface area contributed by atoms with Gasteiger partial charge in [0, 0.05) is 28.7 Å². The van der Waals surface area contributed by atoms with Crippen LogP contribution >= 0.6 is 15.9 Å². The number of nitrogens with zero attached hydrogens (tertiary/aromatic N) is 1. The number of hydrogen-bond donors (Lipinski definition) is 2. The molecule has 1 heterocycles. The lowest BCUT2D eigenvalue weighted by Gasteiger charge is -2.40. The monoisotopic (exact) mass is 354 g/mol. The molecule has 21 heavy (non-hydrogen) atoms. The molecular formula is C17H27BrN2O. The van der Waals surface area contributed by atoms with E-state index in [-0.39, 0.29) is 6.04 Å². The maximum atomic E-state index is 10.3. The molecule has 118 valence electrons. The van der Waals surface area contributed by atoms with Crippen LogP contribution in [0.2, 0.25) is 0 Å². The van der Waals surface area contributed by atoms with Crippen LogP contribution < -0.4 is 5.32 Å². The van der Waals surface area contributed by atoms with Crippen molar-refractivity contribution in [2.75, 3.05) is 19.6 Å². The highest BCUT2D eigenvalue weighted by molar-refractivity contribution is 9.10. The Balaban J connectivity index is 2.27. The van der Waals surface area contributed by atoms with Gasteiger partial charge in [-0.3, -0.25) is 4.90 Å². The molecule has 1 saturated heterocycles. The SMILES string of the molecule is CCCN(C1CCCNC1)C(CC)c1cc(Br)ccc1O. The molecule has 2 unspecified atom stereocenters. The summed E-state index contributed by atoms with van der Waals surface area (Å²) in [5, 5.41) is 13.8. The molecule has 2 atom stereocenters. The first-order chi connectivity index (χ1) is 10.2. The Morgan fingerprint density at radius 1 is 1.43 bits per heavy atom. The molecule has 1 aliphatic heterocycles. The van der Waals surface area contributed by atoms with Crippen molar-refractivity contribution in [1.82, 2.24) is 10.2 Å². The van der Waals surface area contributed by atoms with Gasteiger partial charge in [0.1, 0.15) is 5.75 Å². The Hall–Kier alpha value is -0.580. The molecule has 2 N–H and O–H groups in total. The molecule has 0 aromatic heterocycles. The van der Waals surface area contributed by atoms with Crippen LogP contribution in [-0.4, -0.2) is 35.7 Å². The molecule has 0 aliphatic carbocycles. The third-order valence-electron chi connectivity index (χ3n) is 4.36. The molecule has 0 spiro atoms. The van der Waals surface area contributed by atoms with Gasteiger partial charge < -0.3 is 10.4 Å². The Morgan fingerprint density at radius 2 is 2.24 bits per heavy atom. The minimum absolute atomic E-state index is 0.285. The fourth-order valence-electron chi connectivity index (χ4n) is 3.39. The van der Waals surface area contributed by atoms with E-state index in [1.54, 1.807) is 6.07 Å². The lowest BCUT2D eigenvalue weighted by molar-refractivity contribution is 0.107. The highest BCUT2D eigenvalue weighted by atomic mass is 79.9. The Kier molecular flexibility index (Phi) is 6.52. The summed E-state index contributed by atoms with van der Waals surface area (Å²) in [4.78, 5) is 2.59. The quantitative estimate of drug-likeness (QED) is 0.808. The van der Waals surface area contributed by atoms with E-state index < -0.39 is 0 Å². The van der Waals surface area contributed by atoms with Gasteiger partial charge in [0.05, 0.1) is 0 Å². The van der Waals surface area contributed by atoms with Crippen LogP contribution in [0, 0.1) is 0 Å². The van der Waals surface area contributed by atoms with E-state index in [0.29, 0.717) is 11.8 Å². The van der Waals surface area contributed by atoms with Crippen molar-refractivity contribution in [3.8, 4) is 5.75 Å². The molecule has 0 amide bonds. The molecular weight excluding hydrogens is 328 g/mol. The molecule has 2 rings (SSSR count). The number of piperidine rings is 1. The normalized spacial score (nSPS) is 20.7. The molecule has 0 saturated carbocycles. The van der Waals surface area contributed by atoms with Crippen LogP contribution in [0.1, 0.15) is 51.1 Å². The number of phenolic OH excluding ortho intramolecular Hbond substituents is 1. The summed E-state index contributed by atoms with van der Waals surface area (Å²) < 4.78 is 1.03. The third-order valence-corrected chi connectivity index (χ3v) is 4.85. The summed E-state index contributed by atoms with van der Waals surface area (Å²) in [6.07, 6.45) is 4.65. The number of aromatic hydroxyl groups is 1. The van der Waals surface area contributed by atoms with Gasteiger partial charge in [0.15, 0.2) is 0 Å². The van der Waals surface area contributed by atoms with Gasteiger partial charge in [-0.1, -0.05) is 29.8 Å². The van der Waals surface area contributed by atoms with Crippen molar-refractivity contribution in [1.29, 1.82) is 0 Å². The standard InChI is InChI=1S/C17H27BrN2O/c1-3-10-20(14-6-5-9-19-12-14)16(4-2)15-11-13(18)7-8-17(15)21/h7-8,11,14,16,19,21H,3-6,9-10,12H2,1-2H3. The Morgan fingerprint density at radius 3 is 2.86 bits per heavy atom. The smallest absolute Gasteiger partial charge is 0.120 e. The van der Waals surface area contributed by atoms with Crippen molar-refractivity contribution in [2.45, 2.75) is 51.6 Å². The van der Waals surface area contributed by atoms with Gasteiger partial charge in [-0.25, -0.2) is 0 Å². The number of benzene rings is 1. The zero-order valence-electron chi connectivity index (χ0n) is 13.1. The van der Waals surface area contributed by atoms with Gasteiger partial charge in [-0.15, -0.1) is 0 Å². The first kappa shape index (κ1) is 16.8. The first-order valence-electron chi connectivity index (χ1n) is 8.12. The van der Waals surface area contributed by atoms with Crippen molar-refractivity contribution in [3.63, 3.8) is 0 Å². The molecule has 1 aromatic rings. The van der Waals surface area contributed by atoms with E-state index in [1.807, 2.05) is 6.07 Å². The van der Waals surface area contributed by atoms with Crippen molar-refractivity contribution in [2.24, 2.45) is 0 Å². The molecule has 1 aliphatic rings. The predicted molar refractivity (Wildman–Crippen MR) is 91.7 cm³/mol. The highest BCUT2D eigenvalue weighted by Crippen LogP contribution is 2.35. The largest absolute Gasteiger partial charge is 0.508 e. The van der Waals surface area contributed by atoms with Gasteiger partial charge >= 0.3 is 0 Å². The van der Waals surface area contributed by atoms with Crippen LogP contribution in [0.25, 0.3) is 0 Å². The van der Waals surface area contributed by atoms with Crippen molar-refractivity contribution < 1.29 is 5.11 Å². The predicted octanol–water partition coefficient (Wildman–Crippen LogP) is 4.07. The number of nitrogens with one attached hydrogen (secondary N) is 1. The lowest BCUT2D eigenvalue weighted by Crippen LogP contribution is -2.47. The summed E-state index contributed by atoms with van der Waals surface area (Å²) in [5.41, 5.74) is 1.05. The van der Waals surface area contributed by atoms with E-state index in [2.05, 4.69) is 46.1 Å².